The van der Waals surface area contributed by atoms with Crippen molar-refractivity contribution in [2.24, 2.45) is 0 Å². The van der Waals surface area contributed by atoms with Crippen LogP contribution in [0.3, 0.4) is 0 Å². The number of para-hydroxylation sites is 2. The molecular formula is C9H13N2O+. The number of quaternary nitrogens is 1. The molecule has 1 aliphatic heterocycles. The highest BCUT2D eigenvalue weighted by atomic mass is 16.3. The molecule has 1 aromatic rings. The summed E-state index contributed by atoms with van der Waals surface area (Å²) in [5, 5.41) is 14.6. The van der Waals surface area contributed by atoms with Gasteiger partial charge in [0.1, 0.15) is 11.8 Å². The molecule has 4 N–H and O–H groups in total. The largest absolute Gasteiger partial charge is 0.385 e. The van der Waals surface area contributed by atoms with Gasteiger partial charge in [-0.05, 0) is 13.0 Å². The van der Waals surface area contributed by atoms with Crippen molar-refractivity contribution in [3.05, 3.63) is 24.3 Å². The molecule has 0 saturated heterocycles. The van der Waals surface area contributed by atoms with Gasteiger partial charge in [0.15, 0.2) is 11.9 Å². The summed E-state index contributed by atoms with van der Waals surface area (Å²) >= 11 is 0. The Morgan fingerprint density at radius 1 is 1.50 bits per heavy atom. The van der Waals surface area contributed by atoms with E-state index in [1.807, 2.05) is 24.3 Å². The summed E-state index contributed by atoms with van der Waals surface area (Å²) in [7, 11) is 0. The zero-order valence-electron chi connectivity index (χ0n) is 6.99. The van der Waals surface area contributed by atoms with E-state index in [4.69, 9.17) is 0 Å². The molecule has 1 aliphatic rings. The summed E-state index contributed by atoms with van der Waals surface area (Å²) in [6.07, 6.45) is -0.264. The fourth-order valence-corrected chi connectivity index (χ4v) is 1.45. The van der Waals surface area contributed by atoms with E-state index in [0.717, 1.165) is 5.69 Å². The number of benzene rings is 1. The van der Waals surface area contributed by atoms with Crippen molar-refractivity contribution >= 4 is 11.4 Å². The van der Waals surface area contributed by atoms with Gasteiger partial charge in [0, 0.05) is 6.07 Å². The van der Waals surface area contributed by atoms with Crippen LogP contribution in [-0.2, 0) is 0 Å². The predicted octanol–water partition coefficient (Wildman–Crippen LogP) is 0.0139. The number of fused-ring (bicyclic) bond motifs is 1. The topological polar surface area (TPSA) is 48.9 Å². The van der Waals surface area contributed by atoms with Gasteiger partial charge in [-0.15, -0.1) is 0 Å². The molecular weight excluding hydrogens is 152 g/mol. The van der Waals surface area contributed by atoms with Crippen LogP contribution in [0.5, 0.6) is 0 Å². The van der Waals surface area contributed by atoms with Gasteiger partial charge in [0.2, 0.25) is 0 Å². The smallest absolute Gasteiger partial charge is 0.190 e. The number of hydrogen-bond acceptors (Lipinski definition) is 2. The first-order chi connectivity index (χ1) is 5.77. The Kier molecular flexibility index (Phi) is 1.75. The summed E-state index contributed by atoms with van der Waals surface area (Å²) in [5.41, 5.74) is 2.30. The summed E-state index contributed by atoms with van der Waals surface area (Å²) in [4.78, 5) is 0. The summed E-state index contributed by atoms with van der Waals surface area (Å²) in [6, 6.07) is 8.06. The molecule has 3 nitrogen and oxygen atoms in total. The lowest BCUT2D eigenvalue weighted by molar-refractivity contribution is -0.604. The number of anilines is 1. The third-order valence-electron chi connectivity index (χ3n) is 2.16. The number of nitrogens with two attached hydrogens (primary N) is 1. The van der Waals surface area contributed by atoms with Gasteiger partial charge in [-0.25, -0.2) is 0 Å². The second-order valence-electron chi connectivity index (χ2n) is 3.16. The fourth-order valence-electron chi connectivity index (χ4n) is 1.45. The van der Waals surface area contributed by atoms with Crippen LogP contribution in [0, 0.1) is 0 Å². The minimum Gasteiger partial charge on any atom is -0.385 e. The van der Waals surface area contributed by atoms with Crippen LogP contribution < -0.4 is 10.6 Å². The fraction of sp³-hybridized carbons (Fsp3) is 0.333. The molecule has 0 radical (unpaired) electrons. The first-order valence-corrected chi connectivity index (χ1v) is 4.16. The number of aliphatic hydroxyl groups excluding tert-OH is 1. The molecule has 0 fully saturated rings. The zero-order valence-corrected chi connectivity index (χ0v) is 6.99. The maximum Gasteiger partial charge on any atom is 0.190 e. The highest BCUT2D eigenvalue weighted by Gasteiger charge is 2.27. The van der Waals surface area contributed by atoms with E-state index in [1.165, 1.54) is 5.69 Å². The van der Waals surface area contributed by atoms with E-state index in [-0.39, 0.29) is 12.3 Å². The molecule has 2 unspecified atom stereocenters. The molecule has 1 heterocycles. The number of aliphatic hydroxyl groups is 1. The Bertz CT molecular complexity index is 261. The lowest BCUT2D eigenvalue weighted by Gasteiger charge is -2.10. The van der Waals surface area contributed by atoms with Crippen molar-refractivity contribution in [3.63, 3.8) is 0 Å². The van der Waals surface area contributed by atoms with Crippen molar-refractivity contribution in [1.29, 1.82) is 0 Å². The van der Waals surface area contributed by atoms with Crippen LogP contribution in [0.2, 0.25) is 0 Å². The Morgan fingerprint density at radius 2 is 2.25 bits per heavy atom. The summed E-state index contributed by atoms with van der Waals surface area (Å²) in [6.45, 7) is 1.79. The molecule has 2 atom stereocenters. The number of nitrogens with one attached hydrogen (secondary N) is 1. The van der Waals surface area contributed by atoms with E-state index >= 15 is 0 Å². The third-order valence-corrected chi connectivity index (χ3v) is 2.16. The molecule has 3 heteroatoms. The van der Waals surface area contributed by atoms with Crippen LogP contribution >= 0.6 is 0 Å². The van der Waals surface area contributed by atoms with Crippen LogP contribution in [-0.4, -0.2) is 17.4 Å². The van der Waals surface area contributed by atoms with E-state index in [2.05, 4.69) is 10.6 Å². The highest BCUT2D eigenvalue weighted by Crippen LogP contribution is 2.20. The lowest BCUT2D eigenvalue weighted by Crippen LogP contribution is -2.86. The monoisotopic (exact) mass is 165 g/mol. The Balaban J connectivity index is 2.22. The first-order valence-electron chi connectivity index (χ1n) is 4.16. The van der Waals surface area contributed by atoms with Crippen molar-refractivity contribution in [3.8, 4) is 0 Å². The van der Waals surface area contributed by atoms with Gasteiger partial charge in [-0.3, -0.25) is 5.32 Å². The molecule has 0 bridgehead atoms. The Morgan fingerprint density at radius 3 is 2.92 bits per heavy atom. The number of rotatable bonds is 1. The predicted molar refractivity (Wildman–Crippen MR) is 47.1 cm³/mol. The third kappa shape index (κ3) is 1.17. The average Bonchev–Trinajstić information content (AvgIpc) is 2.46. The van der Waals surface area contributed by atoms with Crippen LogP contribution in [0.4, 0.5) is 11.4 Å². The molecule has 2 rings (SSSR count). The van der Waals surface area contributed by atoms with Crippen LogP contribution in [0.1, 0.15) is 6.92 Å². The first kappa shape index (κ1) is 7.58. The minimum atomic E-state index is -0.336. The van der Waals surface area contributed by atoms with Gasteiger partial charge >= 0.3 is 0 Å². The SMILES string of the molecule is CC(O)C1Nc2ccccc2[NH2+]1. The van der Waals surface area contributed by atoms with Crippen LogP contribution in [0.25, 0.3) is 0 Å². The maximum atomic E-state index is 9.33. The molecule has 1 aromatic carbocycles. The average molecular weight is 165 g/mol. The Hall–Kier alpha value is -1.06. The minimum absolute atomic E-state index is 0.0717. The molecule has 0 amide bonds. The molecule has 0 saturated carbocycles. The van der Waals surface area contributed by atoms with E-state index in [9.17, 15) is 5.11 Å². The Labute approximate surface area is 71.4 Å². The molecule has 0 spiro atoms. The molecule has 12 heavy (non-hydrogen) atoms. The van der Waals surface area contributed by atoms with Gasteiger partial charge in [-0.2, -0.15) is 0 Å². The molecule has 0 aromatic heterocycles. The van der Waals surface area contributed by atoms with Gasteiger partial charge in [0.05, 0.1) is 0 Å². The normalized spacial score (nSPS) is 23.0. The molecule has 0 aliphatic carbocycles. The standard InChI is InChI=1S/C9H12N2O/c1-6(12)9-10-7-4-2-3-5-8(7)11-9/h2-6,9-12H,1H3/p+1. The van der Waals surface area contributed by atoms with Crippen LogP contribution in [0.15, 0.2) is 24.3 Å². The number of hydrogen-bond donors (Lipinski definition) is 3. The van der Waals surface area contributed by atoms with Gasteiger partial charge in [-0.1, -0.05) is 12.1 Å². The van der Waals surface area contributed by atoms with Crippen molar-refractivity contribution in [2.75, 3.05) is 5.32 Å². The molecule has 64 valence electrons. The second-order valence-corrected chi connectivity index (χ2v) is 3.16. The van der Waals surface area contributed by atoms with Gasteiger partial charge < -0.3 is 10.4 Å². The van der Waals surface area contributed by atoms with Crippen molar-refractivity contribution < 1.29 is 10.4 Å². The maximum absolute atomic E-state index is 9.33. The lowest BCUT2D eigenvalue weighted by atomic mass is 10.3. The second kappa shape index (κ2) is 2.77. The quantitative estimate of drug-likeness (QED) is 0.513. The van der Waals surface area contributed by atoms with E-state index in [1.54, 1.807) is 6.92 Å². The highest BCUT2D eigenvalue weighted by molar-refractivity contribution is 5.63. The van der Waals surface area contributed by atoms with Crippen molar-refractivity contribution in [1.82, 2.24) is 0 Å². The van der Waals surface area contributed by atoms with Crippen molar-refractivity contribution in [2.45, 2.75) is 19.2 Å². The van der Waals surface area contributed by atoms with E-state index in [0.29, 0.717) is 0 Å². The summed E-state index contributed by atoms with van der Waals surface area (Å²) in [5.74, 6) is 0. The van der Waals surface area contributed by atoms with E-state index < -0.39 is 0 Å². The van der Waals surface area contributed by atoms with Gasteiger partial charge in [0.25, 0.3) is 0 Å². The summed E-state index contributed by atoms with van der Waals surface area (Å²) < 4.78 is 0. The zero-order chi connectivity index (χ0) is 8.55.